The third-order valence-corrected chi connectivity index (χ3v) is 4.13. The van der Waals surface area contributed by atoms with Crippen LogP contribution in [0, 0.1) is 5.41 Å². The van der Waals surface area contributed by atoms with Crippen LogP contribution in [0.4, 0.5) is 0 Å². The van der Waals surface area contributed by atoms with E-state index in [2.05, 4.69) is 18.2 Å². The summed E-state index contributed by atoms with van der Waals surface area (Å²) in [6.07, 6.45) is 3.04. The van der Waals surface area contributed by atoms with E-state index < -0.39 is 0 Å². The second-order valence-electron chi connectivity index (χ2n) is 5.41. The Balaban J connectivity index is 1.94. The van der Waals surface area contributed by atoms with Crippen LogP contribution in [-0.4, -0.2) is 12.0 Å². The van der Waals surface area contributed by atoms with Gasteiger partial charge in [-0.3, -0.25) is 4.79 Å². The zero-order chi connectivity index (χ0) is 14.1. The first-order valence-corrected chi connectivity index (χ1v) is 6.92. The van der Waals surface area contributed by atoms with Crippen molar-refractivity contribution in [3.8, 4) is 0 Å². The van der Waals surface area contributed by atoms with Gasteiger partial charge in [0.05, 0.1) is 0 Å². The first-order valence-electron chi connectivity index (χ1n) is 6.92. The zero-order valence-corrected chi connectivity index (χ0v) is 11.5. The minimum Gasteiger partial charge on any atom is -0.305 e. The lowest BCUT2D eigenvalue weighted by molar-refractivity contribution is 0.112. The van der Waals surface area contributed by atoms with Crippen molar-refractivity contribution in [2.24, 2.45) is 0 Å². The van der Waals surface area contributed by atoms with Crippen LogP contribution in [0.25, 0.3) is 0 Å². The number of carbonyl (C=O) groups excluding carboxylic acids is 1. The highest BCUT2D eigenvalue weighted by atomic mass is 16.1. The van der Waals surface area contributed by atoms with Crippen molar-refractivity contribution in [2.75, 3.05) is 0 Å². The van der Waals surface area contributed by atoms with Gasteiger partial charge in [0, 0.05) is 17.2 Å². The third kappa shape index (κ3) is 2.18. The van der Waals surface area contributed by atoms with E-state index in [1.807, 2.05) is 24.3 Å². The van der Waals surface area contributed by atoms with Gasteiger partial charge in [0.25, 0.3) is 0 Å². The predicted molar refractivity (Wildman–Crippen MR) is 80.9 cm³/mol. The summed E-state index contributed by atoms with van der Waals surface area (Å²) in [5.41, 5.74) is 6.27. The largest absolute Gasteiger partial charge is 0.305 e. The number of rotatable bonds is 3. The molecule has 1 N–H and O–H groups in total. The van der Waals surface area contributed by atoms with Crippen molar-refractivity contribution < 1.29 is 4.79 Å². The Hall–Kier alpha value is -2.22. The number of benzene rings is 2. The van der Waals surface area contributed by atoms with Crippen molar-refractivity contribution in [3.63, 3.8) is 0 Å². The quantitative estimate of drug-likeness (QED) is 0.660. The number of hydrogen-bond acceptors (Lipinski definition) is 2. The van der Waals surface area contributed by atoms with Crippen molar-refractivity contribution >= 4 is 12.0 Å². The fourth-order valence-corrected chi connectivity index (χ4v) is 3.02. The molecule has 0 fully saturated rings. The lowest BCUT2D eigenvalue weighted by Crippen LogP contribution is -1.98. The molecule has 1 unspecified atom stereocenters. The molecule has 100 valence electrons. The summed E-state index contributed by atoms with van der Waals surface area (Å²) >= 11 is 0. The first-order chi connectivity index (χ1) is 9.69. The number of aryl methyl sites for hydroxylation is 1. The minimum absolute atomic E-state index is 0.422. The average molecular weight is 263 g/mol. The molecule has 2 nitrogen and oxygen atoms in total. The maximum Gasteiger partial charge on any atom is 0.150 e. The van der Waals surface area contributed by atoms with E-state index in [-0.39, 0.29) is 0 Å². The van der Waals surface area contributed by atoms with E-state index in [0.29, 0.717) is 11.6 Å². The van der Waals surface area contributed by atoms with Crippen molar-refractivity contribution in [1.82, 2.24) is 0 Å². The maximum absolute atomic E-state index is 10.8. The Bertz CT molecular complexity index is 670. The second-order valence-corrected chi connectivity index (χ2v) is 5.41. The van der Waals surface area contributed by atoms with Crippen LogP contribution in [0.2, 0.25) is 0 Å². The van der Waals surface area contributed by atoms with Crippen LogP contribution >= 0.6 is 0 Å². The van der Waals surface area contributed by atoms with Gasteiger partial charge < -0.3 is 5.41 Å². The molecule has 3 rings (SSSR count). The van der Waals surface area contributed by atoms with Gasteiger partial charge in [0.1, 0.15) is 6.29 Å². The Morgan fingerprint density at radius 2 is 1.95 bits per heavy atom. The standard InChI is InChI=1S/C18H17NO/c1-12(19)14-3-5-15(6-4-14)17-9-7-16-10-13(11-20)2-8-18(16)17/h2-6,8,10-11,17,19H,7,9H2,1H3. The number of fused-ring (bicyclic) bond motifs is 1. The molecule has 0 aliphatic heterocycles. The lowest BCUT2D eigenvalue weighted by atomic mass is 9.91. The molecule has 0 spiro atoms. The summed E-state index contributed by atoms with van der Waals surface area (Å²) in [5.74, 6) is 0.422. The first kappa shape index (κ1) is 12.8. The fraction of sp³-hybridized carbons (Fsp3) is 0.222. The minimum atomic E-state index is 0.422. The zero-order valence-electron chi connectivity index (χ0n) is 11.5. The van der Waals surface area contributed by atoms with E-state index in [0.717, 1.165) is 30.3 Å². The van der Waals surface area contributed by atoms with Crippen molar-refractivity contribution in [1.29, 1.82) is 5.41 Å². The van der Waals surface area contributed by atoms with Gasteiger partial charge in [-0.25, -0.2) is 0 Å². The summed E-state index contributed by atoms with van der Waals surface area (Å²) in [5, 5.41) is 7.64. The van der Waals surface area contributed by atoms with E-state index in [1.54, 1.807) is 6.92 Å². The molecule has 1 aliphatic rings. The number of aldehydes is 1. The molecule has 0 bridgehead atoms. The SMILES string of the molecule is CC(=N)c1ccc(C2CCc3cc(C=O)ccc32)cc1. The molecule has 0 saturated carbocycles. The van der Waals surface area contributed by atoms with E-state index in [4.69, 9.17) is 5.41 Å². The van der Waals surface area contributed by atoms with E-state index >= 15 is 0 Å². The van der Waals surface area contributed by atoms with E-state index in [1.165, 1.54) is 16.7 Å². The van der Waals surface area contributed by atoms with Crippen molar-refractivity contribution in [3.05, 3.63) is 70.3 Å². The third-order valence-electron chi connectivity index (χ3n) is 4.13. The molecule has 1 atom stereocenters. The summed E-state index contributed by atoms with van der Waals surface area (Å²) in [4.78, 5) is 10.8. The van der Waals surface area contributed by atoms with Gasteiger partial charge in [0.15, 0.2) is 0 Å². The smallest absolute Gasteiger partial charge is 0.150 e. The summed E-state index contributed by atoms with van der Waals surface area (Å²) in [6, 6.07) is 14.3. The molecule has 20 heavy (non-hydrogen) atoms. The summed E-state index contributed by atoms with van der Waals surface area (Å²) in [7, 11) is 0. The van der Waals surface area contributed by atoms with Crippen molar-refractivity contribution in [2.45, 2.75) is 25.7 Å². The molecule has 2 aromatic carbocycles. The van der Waals surface area contributed by atoms with Gasteiger partial charge in [-0.05, 0) is 48.1 Å². The molecule has 0 radical (unpaired) electrons. The Morgan fingerprint density at radius 1 is 1.20 bits per heavy atom. The molecule has 2 heteroatoms. The van der Waals surface area contributed by atoms with Gasteiger partial charge in [-0.2, -0.15) is 0 Å². The molecular weight excluding hydrogens is 246 g/mol. The van der Waals surface area contributed by atoms with Gasteiger partial charge in [0.2, 0.25) is 0 Å². The maximum atomic E-state index is 10.8. The van der Waals surface area contributed by atoms with E-state index in [9.17, 15) is 4.79 Å². The van der Waals surface area contributed by atoms with Crippen LogP contribution in [0.3, 0.4) is 0 Å². The molecule has 0 heterocycles. The Morgan fingerprint density at radius 3 is 2.60 bits per heavy atom. The summed E-state index contributed by atoms with van der Waals surface area (Å²) < 4.78 is 0. The molecule has 0 amide bonds. The highest BCUT2D eigenvalue weighted by molar-refractivity contribution is 5.96. The number of nitrogens with one attached hydrogen (secondary N) is 1. The fourth-order valence-electron chi connectivity index (χ4n) is 3.02. The van der Waals surface area contributed by atoms with Gasteiger partial charge >= 0.3 is 0 Å². The Labute approximate surface area is 119 Å². The highest BCUT2D eigenvalue weighted by Crippen LogP contribution is 2.38. The number of hydrogen-bond donors (Lipinski definition) is 1. The normalized spacial score (nSPS) is 16.8. The molecule has 2 aromatic rings. The summed E-state index contributed by atoms with van der Waals surface area (Å²) in [6.45, 7) is 1.81. The van der Waals surface area contributed by atoms with Gasteiger partial charge in [-0.15, -0.1) is 0 Å². The monoisotopic (exact) mass is 263 g/mol. The topological polar surface area (TPSA) is 40.9 Å². The van der Waals surface area contributed by atoms with Gasteiger partial charge in [-0.1, -0.05) is 36.4 Å². The highest BCUT2D eigenvalue weighted by Gasteiger charge is 2.23. The van der Waals surface area contributed by atoms with Crippen LogP contribution < -0.4 is 0 Å². The van der Waals surface area contributed by atoms with Crippen LogP contribution in [0.1, 0.15) is 51.9 Å². The average Bonchev–Trinajstić information content (AvgIpc) is 2.90. The number of carbonyl (C=O) groups is 1. The van der Waals surface area contributed by atoms with Crippen LogP contribution in [-0.2, 0) is 6.42 Å². The molecule has 0 aromatic heterocycles. The molecule has 0 saturated heterocycles. The predicted octanol–water partition coefficient (Wildman–Crippen LogP) is 3.96. The molecule has 1 aliphatic carbocycles. The molecular formula is C18H17NO. The van der Waals surface area contributed by atoms with Crippen LogP contribution in [0.15, 0.2) is 42.5 Å². The van der Waals surface area contributed by atoms with Crippen LogP contribution in [0.5, 0.6) is 0 Å². The lowest BCUT2D eigenvalue weighted by Gasteiger charge is -2.13. The second kappa shape index (κ2) is 5.04. The Kier molecular flexibility index (Phi) is 3.23.